The van der Waals surface area contributed by atoms with Gasteiger partial charge in [-0.15, -0.1) is 10.2 Å². The summed E-state index contributed by atoms with van der Waals surface area (Å²) in [5.41, 5.74) is 2.15. The Labute approximate surface area is 126 Å². The van der Waals surface area contributed by atoms with Crippen LogP contribution < -0.4 is 5.56 Å². The van der Waals surface area contributed by atoms with E-state index in [1.54, 1.807) is 20.0 Å². The second kappa shape index (κ2) is 5.53. The van der Waals surface area contributed by atoms with Crippen molar-refractivity contribution in [3.63, 3.8) is 0 Å². The van der Waals surface area contributed by atoms with Crippen molar-refractivity contribution < 1.29 is 8.94 Å². The molecule has 112 valence electrons. The Balaban J connectivity index is 1.81. The van der Waals surface area contributed by atoms with Crippen molar-refractivity contribution in [2.45, 2.75) is 26.7 Å². The lowest BCUT2D eigenvalue weighted by atomic mass is 10.1. The molecule has 0 aliphatic rings. The van der Waals surface area contributed by atoms with Gasteiger partial charge in [0.2, 0.25) is 11.8 Å². The third kappa shape index (κ3) is 2.66. The molecule has 2 heterocycles. The normalized spacial score (nSPS) is 10.7. The first-order chi connectivity index (χ1) is 10.5. The molecule has 0 bridgehead atoms. The molecular formula is C16H15N3O3. The molecule has 0 radical (unpaired) electrons. The lowest BCUT2D eigenvalue weighted by Crippen LogP contribution is -2.08. The zero-order valence-corrected chi connectivity index (χ0v) is 12.6. The molecule has 0 saturated heterocycles. The van der Waals surface area contributed by atoms with Crippen molar-refractivity contribution in [3.05, 3.63) is 45.4 Å². The van der Waals surface area contributed by atoms with Gasteiger partial charge in [0.25, 0.3) is 5.56 Å². The van der Waals surface area contributed by atoms with Crippen molar-refractivity contribution in [1.29, 1.82) is 0 Å². The molecule has 0 saturated carbocycles. The Hall–Kier alpha value is -2.81. The van der Waals surface area contributed by atoms with Gasteiger partial charge < -0.3 is 8.94 Å². The van der Waals surface area contributed by atoms with E-state index in [4.69, 9.17) is 8.94 Å². The molecule has 3 rings (SSSR count). The molecule has 0 N–H and O–H groups in total. The highest BCUT2D eigenvalue weighted by atomic mass is 16.5. The van der Waals surface area contributed by atoms with Gasteiger partial charge in [-0.2, -0.15) is 4.74 Å². The highest BCUT2D eigenvalue weighted by molar-refractivity contribution is 5.81. The molecule has 0 unspecified atom stereocenters. The third-order valence-corrected chi connectivity index (χ3v) is 3.28. The maximum atomic E-state index is 11.9. The molecule has 6 heteroatoms. The van der Waals surface area contributed by atoms with E-state index in [2.05, 4.69) is 22.0 Å². The quantitative estimate of drug-likeness (QED) is 0.677. The predicted molar refractivity (Wildman–Crippen MR) is 80.4 cm³/mol. The molecule has 3 aromatic rings. The van der Waals surface area contributed by atoms with E-state index in [9.17, 15) is 4.79 Å². The van der Waals surface area contributed by atoms with Crippen LogP contribution in [0, 0.1) is 25.7 Å². The van der Waals surface area contributed by atoms with E-state index < -0.39 is 0 Å². The van der Waals surface area contributed by atoms with Crippen LogP contribution in [0.15, 0.2) is 25.9 Å². The molecule has 0 spiro atoms. The summed E-state index contributed by atoms with van der Waals surface area (Å²) >= 11 is 0. The molecular weight excluding hydrogens is 282 g/mol. The Kier molecular flexibility index (Phi) is 3.55. The Bertz CT molecular complexity index is 951. The van der Waals surface area contributed by atoms with E-state index in [0.29, 0.717) is 35.6 Å². The van der Waals surface area contributed by atoms with Gasteiger partial charge in [-0.3, -0.25) is 4.79 Å². The van der Waals surface area contributed by atoms with Crippen LogP contribution in [0.4, 0.5) is 0 Å². The zero-order valence-electron chi connectivity index (χ0n) is 12.6. The lowest BCUT2D eigenvalue weighted by molar-refractivity contribution is 0.323. The second-order valence-electron chi connectivity index (χ2n) is 5.08. The van der Waals surface area contributed by atoms with Gasteiger partial charge in [0.05, 0.1) is 5.39 Å². The van der Waals surface area contributed by atoms with Crippen LogP contribution in [0.25, 0.3) is 11.0 Å². The van der Waals surface area contributed by atoms with Crippen LogP contribution in [0.5, 0.6) is 0 Å². The summed E-state index contributed by atoms with van der Waals surface area (Å²) in [6.45, 7) is 3.66. The summed E-state index contributed by atoms with van der Waals surface area (Å²) in [6, 6.07) is 3.67. The van der Waals surface area contributed by atoms with Crippen LogP contribution in [0.2, 0.25) is 0 Å². The number of aromatic nitrogens is 3. The van der Waals surface area contributed by atoms with Crippen molar-refractivity contribution in [1.82, 2.24) is 14.9 Å². The number of benzene rings is 1. The van der Waals surface area contributed by atoms with Crippen LogP contribution in [0.3, 0.4) is 0 Å². The summed E-state index contributed by atoms with van der Waals surface area (Å²) in [6.07, 6.45) is 1.23. The molecule has 0 amide bonds. The largest absolute Gasteiger partial charge is 0.426 e. The van der Waals surface area contributed by atoms with Crippen molar-refractivity contribution >= 4 is 11.0 Å². The fraction of sp³-hybridized carbons (Fsp3) is 0.312. The fourth-order valence-corrected chi connectivity index (χ4v) is 2.25. The van der Waals surface area contributed by atoms with Gasteiger partial charge >= 0.3 is 0 Å². The molecule has 0 aliphatic heterocycles. The Morgan fingerprint density at radius 3 is 2.82 bits per heavy atom. The zero-order chi connectivity index (χ0) is 15.7. The van der Waals surface area contributed by atoms with Gasteiger partial charge in [-0.1, -0.05) is 11.8 Å². The molecule has 0 atom stereocenters. The Morgan fingerprint density at radius 1 is 1.27 bits per heavy atom. The number of nitrogens with zero attached hydrogens (tertiary/aromatic N) is 3. The smallest absolute Gasteiger partial charge is 0.290 e. The number of aryl methyl sites for hydroxylation is 4. The van der Waals surface area contributed by atoms with Gasteiger partial charge in [-0.25, -0.2) is 0 Å². The lowest BCUT2D eigenvalue weighted by Gasteiger charge is -1.95. The molecule has 6 nitrogen and oxygen atoms in total. The van der Waals surface area contributed by atoms with Gasteiger partial charge in [-0.05, 0) is 24.6 Å². The van der Waals surface area contributed by atoms with E-state index in [0.717, 1.165) is 11.1 Å². The van der Waals surface area contributed by atoms with Gasteiger partial charge in [0, 0.05) is 32.4 Å². The molecule has 1 aromatic carbocycles. The maximum absolute atomic E-state index is 11.9. The maximum Gasteiger partial charge on any atom is 0.290 e. The van der Waals surface area contributed by atoms with Crippen molar-refractivity contribution in [2.24, 2.45) is 7.05 Å². The highest BCUT2D eigenvalue weighted by Gasteiger charge is 2.10. The third-order valence-electron chi connectivity index (χ3n) is 3.28. The number of fused-ring (bicyclic) bond motifs is 1. The van der Waals surface area contributed by atoms with Crippen molar-refractivity contribution in [3.8, 4) is 11.8 Å². The van der Waals surface area contributed by atoms with E-state index >= 15 is 0 Å². The first kappa shape index (κ1) is 14.1. The number of hydrogen-bond donors (Lipinski definition) is 0. The SMILES string of the molecule is Cc1nnc(CCC#Cc2cc(C)c3on(C)c(=O)c3c2)o1. The predicted octanol–water partition coefficient (Wildman–Crippen LogP) is 2.12. The number of hydrogen-bond acceptors (Lipinski definition) is 5. The second-order valence-corrected chi connectivity index (χ2v) is 5.08. The molecule has 2 aromatic heterocycles. The van der Waals surface area contributed by atoms with Crippen LogP contribution >= 0.6 is 0 Å². The summed E-state index contributed by atoms with van der Waals surface area (Å²) in [5, 5.41) is 8.24. The Morgan fingerprint density at radius 2 is 2.09 bits per heavy atom. The summed E-state index contributed by atoms with van der Waals surface area (Å²) in [4.78, 5) is 11.9. The molecule has 0 fully saturated rings. The molecule has 0 aliphatic carbocycles. The minimum atomic E-state index is -0.150. The van der Waals surface area contributed by atoms with Crippen LogP contribution in [-0.2, 0) is 13.5 Å². The van der Waals surface area contributed by atoms with Gasteiger partial charge in [0.1, 0.15) is 0 Å². The fourth-order valence-electron chi connectivity index (χ4n) is 2.25. The summed E-state index contributed by atoms with van der Waals surface area (Å²) in [5.74, 6) is 7.26. The minimum absolute atomic E-state index is 0.150. The minimum Gasteiger partial charge on any atom is -0.426 e. The first-order valence-electron chi connectivity index (χ1n) is 6.93. The summed E-state index contributed by atoms with van der Waals surface area (Å²) in [7, 11) is 1.60. The number of rotatable bonds is 2. The van der Waals surface area contributed by atoms with E-state index in [1.807, 2.05) is 13.0 Å². The standard InChI is InChI=1S/C16H15N3O3/c1-10-8-12(9-13-15(10)22-19(3)16(13)20)6-4-5-7-14-18-17-11(2)21-14/h8-9H,5,7H2,1-3H3. The first-order valence-corrected chi connectivity index (χ1v) is 6.93. The highest BCUT2D eigenvalue weighted by Crippen LogP contribution is 2.17. The van der Waals surface area contributed by atoms with E-state index in [-0.39, 0.29) is 5.56 Å². The van der Waals surface area contributed by atoms with Crippen molar-refractivity contribution in [2.75, 3.05) is 0 Å². The average molecular weight is 297 g/mol. The molecule has 22 heavy (non-hydrogen) atoms. The monoisotopic (exact) mass is 297 g/mol. The average Bonchev–Trinajstić information content (AvgIpc) is 3.02. The topological polar surface area (TPSA) is 74.1 Å². The van der Waals surface area contributed by atoms with E-state index in [1.165, 1.54) is 4.74 Å². The summed E-state index contributed by atoms with van der Waals surface area (Å²) < 4.78 is 11.9. The van der Waals surface area contributed by atoms with Crippen LogP contribution in [-0.4, -0.2) is 14.9 Å². The van der Waals surface area contributed by atoms with Gasteiger partial charge in [0.15, 0.2) is 5.58 Å². The van der Waals surface area contributed by atoms with Crippen LogP contribution in [0.1, 0.15) is 29.3 Å².